The third-order valence-corrected chi connectivity index (χ3v) is 3.80. The Bertz CT molecular complexity index is 528. The van der Waals surface area contributed by atoms with Crippen LogP contribution in [0.1, 0.15) is 43.0 Å². The van der Waals surface area contributed by atoms with E-state index in [1.807, 2.05) is 0 Å². The van der Waals surface area contributed by atoms with Crippen LogP contribution >= 0.6 is 0 Å². The van der Waals surface area contributed by atoms with Crippen molar-refractivity contribution < 1.29 is 24.2 Å². The van der Waals surface area contributed by atoms with E-state index in [1.54, 1.807) is 12.1 Å². The molecular weight excluding hydrogens is 298 g/mol. The molecule has 6 nitrogen and oxygen atoms in total. The lowest BCUT2D eigenvalue weighted by molar-refractivity contribution is -0.124. The van der Waals surface area contributed by atoms with Gasteiger partial charge in [0, 0.05) is 13.0 Å². The number of carbonyl (C=O) groups excluding carboxylic acids is 1. The third kappa shape index (κ3) is 5.25. The maximum atomic E-state index is 11.9. The summed E-state index contributed by atoms with van der Waals surface area (Å²) < 4.78 is 11.3. The highest BCUT2D eigenvalue weighted by atomic mass is 16.5. The SMILES string of the molecule is CCCCC(=O)N[C@@H]1CCOC[C@H]1Oc1ccc(C(=O)O)cc1. The molecule has 0 aromatic heterocycles. The lowest BCUT2D eigenvalue weighted by Crippen LogP contribution is -2.51. The van der Waals surface area contributed by atoms with Gasteiger partial charge in [-0.2, -0.15) is 0 Å². The Morgan fingerprint density at radius 2 is 2.09 bits per heavy atom. The van der Waals surface area contributed by atoms with Crippen LogP contribution in [-0.2, 0) is 9.53 Å². The van der Waals surface area contributed by atoms with Crippen molar-refractivity contribution >= 4 is 11.9 Å². The number of nitrogens with one attached hydrogen (secondary N) is 1. The van der Waals surface area contributed by atoms with Crippen molar-refractivity contribution in [3.05, 3.63) is 29.8 Å². The fourth-order valence-electron chi connectivity index (χ4n) is 2.46. The molecule has 1 fully saturated rings. The van der Waals surface area contributed by atoms with E-state index in [1.165, 1.54) is 12.1 Å². The highest BCUT2D eigenvalue weighted by molar-refractivity contribution is 5.87. The molecule has 1 aliphatic heterocycles. The number of benzene rings is 1. The summed E-state index contributed by atoms with van der Waals surface area (Å²) in [7, 11) is 0. The summed E-state index contributed by atoms with van der Waals surface area (Å²) in [4.78, 5) is 22.8. The Hall–Kier alpha value is -2.08. The van der Waals surface area contributed by atoms with Crippen LogP contribution in [0.15, 0.2) is 24.3 Å². The predicted molar refractivity (Wildman–Crippen MR) is 84.7 cm³/mol. The lowest BCUT2D eigenvalue weighted by atomic mass is 10.1. The summed E-state index contributed by atoms with van der Waals surface area (Å²) in [6.45, 7) is 3.05. The number of carboxylic acids is 1. The van der Waals surface area contributed by atoms with Crippen molar-refractivity contribution in [2.24, 2.45) is 0 Å². The first-order valence-electron chi connectivity index (χ1n) is 7.97. The standard InChI is InChI=1S/C17H23NO5/c1-2-3-4-16(19)18-14-9-10-22-11-15(14)23-13-7-5-12(6-8-13)17(20)21/h5-8,14-15H,2-4,9-11H2,1H3,(H,18,19)(H,20,21)/t14-,15-/m1/s1. The highest BCUT2D eigenvalue weighted by Crippen LogP contribution is 2.19. The molecule has 2 N–H and O–H groups in total. The summed E-state index contributed by atoms with van der Waals surface area (Å²) in [6, 6.07) is 6.14. The second-order valence-electron chi connectivity index (χ2n) is 5.63. The van der Waals surface area contributed by atoms with Gasteiger partial charge in [-0.1, -0.05) is 13.3 Å². The highest BCUT2D eigenvalue weighted by Gasteiger charge is 2.28. The Morgan fingerprint density at radius 3 is 2.74 bits per heavy atom. The normalized spacial score (nSPS) is 20.7. The Balaban J connectivity index is 1.95. The second-order valence-corrected chi connectivity index (χ2v) is 5.63. The molecule has 1 aromatic rings. The van der Waals surface area contributed by atoms with Crippen LogP contribution in [0.3, 0.4) is 0 Å². The zero-order chi connectivity index (χ0) is 16.7. The van der Waals surface area contributed by atoms with Crippen molar-refractivity contribution in [1.82, 2.24) is 5.32 Å². The van der Waals surface area contributed by atoms with E-state index in [-0.39, 0.29) is 23.6 Å². The molecule has 2 rings (SSSR count). The average molecular weight is 321 g/mol. The third-order valence-electron chi connectivity index (χ3n) is 3.80. The molecule has 1 saturated heterocycles. The van der Waals surface area contributed by atoms with Crippen molar-refractivity contribution in [2.45, 2.75) is 44.8 Å². The minimum Gasteiger partial charge on any atom is -0.486 e. The minimum absolute atomic E-state index is 0.0357. The molecule has 126 valence electrons. The minimum atomic E-state index is -0.974. The van der Waals surface area contributed by atoms with Crippen LogP contribution in [0.2, 0.25) is 0 Å². The fourth-order valence-corrected chi connectivity index (χ4v) is 2.46. The van der Waals surface area contributed by atoms with E-state index in [0.717, 1.165) is 12.8 Å². The number of aromatic carboxylic acids is 1. The summed E-state index contributed by atoms with van der Waals surface area (Å²) in [6.07, 6.45) is 2.81. The number of carbonyl (C=O) groups is 2. The van der Waals surface area contributed by atoms with Crippen LogP contribution in [0.5, 0.6) is 5.75 Å². The first-order valence-corrected chi connectivity index (χ1v) is 7.97. The first kappa shape index (κ1) is 17.3. The first-order chi connectivity index (χ1) is 11.1. The molecule has 6 heteroatoms. The topological polar surface area (TPSA) is 84.9 Å². The van der Waals surface area contributed by atoms with Crippen molar-refractivity contribution in [1.29, 1.82) is 0 Å². The molecular formula is C17H23NO5. The predicted octanol–water partition coefficient (Wildman–Crippen LogP) is 2.23. The van der Waals surface area contributed by atoms with Gasteiger partial charge in [0.1, 0.15) is 11.9 Å². The number of rotatable bonds is 7. The van der Waals surface area contributed by atoms with E-state index in [4.69, 9.17) is 14.6 Å². The molecule has 0 aliphatic carbocycles. The van der Waals surface area contributed by atoms with E-state index < -0.39 is 5.97 Å². The van der Waals surface area contributed by atoms with Crippen LogP contribution in [0.25, 0.3) is 0 Å². The van der Waals surface area contributed by atoms with Crippen LogP contribution in [-0.4, -0.2) is 42.3 Å². The molecule has 0 spiro atoms. The Kier molecular flexibility index (Phi) is 6.40. The van der Waals surface area contributed by atoms with E-state index in [9.17, 15) is 9.59 Å². The summed E-state index contributed by atoms with van der Waals surface area (Å²) in [5, 5.41) is 11.9. The van der Waals surface area contributed by atoms with Crippen molar-refractivity contribution in [2.75, 3.05) is 13.2 Å². The van der Waals surface area contributed by atoms with Crippen LogP contribution < -0.4 is 10.1 Å². The number of carboxylic acid groups (broad SMARTS) is 1. The molecule has 23 heavy (non-hydrogen) atoms. The van der Waals surface area contributed by atoms with Gasteiger partial charge in [0.15, 0.2) is 0 Å². The molecule has 0 radical (unpaired) electrons. The molecule has 0 saturated carbocycles. The van der Waals surface area contributed by atoms with Gasteiger partial charge >= 0.3 is 5.97 Å². The summed E-state index contributed by atoms with van der Waals surface area (Å²) >= 11 is 0. The molecule has 2 atom stereocenters. The lowest BCUT2D eigenvalue weighted by Gasteiger charge is -2.32. The Morgan fingerprint density at radius 1 is 1.35 bits per heavy atom. The average Bonchev–Trinajstić information content (AvgIpc) is 2.55. The van der Waals surface area contributed by atoms with Gasteiger partial charge in [0.25, 0.3) is 0 Å². The number of hydrogen-bond donors (Lipinski definition) is 2. The van der Waals surface area contributed by atoms with E-state index in [2.05, 4.69) is 12.2 Å². The van der Waals surface area contributed by atoms with Crippen molar-refractivity contribution in [3.8, 4) is 5.75 Å². The zero-order valence-corrected chi connectivity index (χ0v) is 13.3. The quantitative estimate of drug-likeness (QED) is 0.804. The molecule has 0 bridgehead atoms. The van der Waals surface area contributed by atoms with Gasteiger partial charge < -0.3 is 19.9 Å². The van der Waals surface area contributed by atoms with Gasteiger partial charge in [-0.25, -0.2) is 4.79 Å². The van der Waals surface area contributed by atoms with Gasteiger partial charge in [0.05, 0.1) is 18.2 Å². The van der Waals surface area contributed by atoms with Gasteiger partial charge in [-0.15, -0.1) is 0 Å². The van der Waals surface area contributed by atoms with Crippen molar-refractivity contribution in [3.63, 3.8) is 0 Å². The maximum absolute atomic E-state index is 11.9. The van der Waals surface area contributed by atoms with Gasteiger partial charge in [0.2, 0.25) is 5.91 Å². The monoisotopic (exact) mass is 321 g/mol. The smallest absolute Gasteiger partial charge is 0.335 e. The zero-order valence-electron chi connectivity index (χ0n) is 13.3. The van der Waals surface area contributed by atoms with Gasteiger partial charge in [-0.05, 0) is 37.1 Å². The molecule has 0 unspecified atom stereocenters. The maximum Gasteiger partial charge on any atom is 0.335 e. The molecule has 1 amide bonds. The number of ether oxygens (including phenoxy) is 2. The molecule has 1 aromatic carbocycles. The van der Waals surface area contributed by atoms with E-state index in [0.29, 0.717) is 31.8 Å². The van der Waals surface area contributed by atoms with Crippen LogP contribution in [0.4, 0.5) is 0 Å². The van der Waals surface area contributed by atoms with Crippen LogP contribution in [0, 0.1) is 0 Å². The molecule has 1 aliphatic rings. The number of unbranched alkanes of at least 4 members (excludes halogenated alkanes) is 1. The molecule has 1 heterocycles. The Labute approximate surface area is 135 Å². The van der Waals surface area contributed by atoms with Gasteiger partial charge in [-0.3, -0.25) is 4.79 Å². The summed E-state index contributed by atoms with van der Waals surface area (Å²) in [5.74, 6) is -0.370. The largest absolute Gasteiger partial charge is 0.486 e. The summed E-state index contributed by atoms with van der Waals surface area (Å²) in [5.41, 5.74) is 0.210. The number of hydrogen-bond acceptors (Lipinski definition) is 4. The van der Waals surface area contributed by atoms with E-state index >= 15 is 0 Å². The fraction of sp³-hybridized carbons (Fsp3) is 0.529. The second kappa shape index (κ2) is 8.53. The number of amides is 1.